The molecule has 4 rings (SSSR count). The summed E-state index contributed by atoms with van der Waals surface area (Å²) in [7, 11) is 2.93. The van der Waals surface area contributed by atoms with Crippen LogP contribution in [0, 0.1) is 17.6 Å². The van der Waals surface area contributed by atoms with Gasteiger partial charge in [0.1, 0.15) is 17.8 Å². The van der Waals surface area contributed by atoms with E-state index in [0.29, 0.717) is 10.9 Å². The predicted octanol–water partition coefficient (Wildman–Crippen LogP) is 3.19. The van der Waals surface area contributed by atoms with Crippen LogP contribution < -0.4 is 5.32 Å². The average Bonchev–Trinajstić information content (AvgIpc) is 3.25. The molecule has 1 aromatic carbocycles. The number of fused-ring (bicyclic) bond motifs is 1. The van der Waals surface area contributed by atoms with E-state index in [4.69, 9.17) is 0 Å². The highest BCUT2D eigenvalue weighted by atomic mass is 19.2. The van der Waals surface area contributed by atoms with Crippen LogP contribution in [0.1, 0.15) is 56.4 Å². The Kier molecular flexibility index (Phi) is 8.65. The van der Waals surface area contributed by atoms with Gasteiger partial charge in [0.05, 0.1) is 5.52 Å². The van der Waals surface area contributed by atoms with Gasteiger partial charge < -0.3 is 24.8 Å². The molecule has 2 N–H and O–H groups in total. The molecule has 218 valence electrons. The minimum Gasteiger partial charge on any atom is -0.465 e. The van der Waals surface area contributed by atoms with Gasteiger partial charge in [0.2, 0.25) is 11.8 Å². The molecule has 1 aliphatic heterocycles. The third-order valence-electron chi connectivity index (χ3n) is 8.45. The number of nitrogens with one attached hydrogen (secondary N) is 1. The summed E-state index contributed by atoms with van der Waals surface area (Å²) in [5.74, 6) is -3.10. The summed E-state index contributed by atoms with van der Waals surface area (Å²) in [5.41, 5.74) is 0.689. The van der Waals surface area contributed by atoms with Crippen molar-refractivity contribution in [2.45, 2.75) is 64.1 Å². The molecule has 0 unspecified atom stereocenters. The number of aryl methyl sites for hydroxylation is 1. The molecule has 10 nitrogen and oxygen atoms in total. The summed E-state index contributed by atoms with van der Waals surface area (Å²) in [5, 5.41) is 12.5. The van der Waals surface area contributed by atoms with E-state index in [0.717, 1.165) is 49.1 Å². The van der Waals surface area contributed by atoms with E-state index in [2.05, 4.69) is 5.32 Å². The van der Waals surface area contributed by atoms with Gasteiger partial charge in [-0.25, -0.2) is 13.6 Å². The Bertz CT molecular complexity index is 1310. The Morgan fingerprint density at radius 1 is 1.05 bits per heavy atom. The van der Waals surface area contributed by atoms with E-state index in [1.165, 1.54) is 24.6 Å². The third-order valence-corrected chi connectivity index (χ3v) is 8.45. The molecule has 2 fully saturated rings. The zero-order valence-corrected chi connectivity index (χ0v) is 23.3. The Morgan fingerprint density at radius 2 is 1.70 bits per heavy atom. The highest BCUT2D eigenvalue weighted by Crippen LogP contribution is 2.29. The van der Waals surface area contributed by atoms with Gasteiger partial charge in [0.15, 0.2) is 11.6 Å². The standard InChI is InChI=1S/C28H37F2N5O5/c1-16-15-34(26(37)23-13-19-12-20(29)21(30)14-22(19)33(23)4)10-11-35(16)27(38)24(18-8-6-5-7-9-18)31-25(36)17(2)32(3)28(39)40/h12-14,16-18,24H,5-11,15H2,1-4H3,(H,31,36)(H,39,40)/t16-,17+,24+/m1/s1. The van der Waals surface area contributed by atoms with E-state index < -0.39 is 35.7 Å². The number of carbonyl (C=O) groups is 4. The number of amides is 4. The van der Waals surface area contributed by atoms with Gasteiger partial charge in [-0.05, 0) is 44.7 Å². The van der Waals surface area contributed by atoms with Crippen molar-refractivity contribution in [1.29, 1.82) is 0 Å². The number of aromatic nitrogens is 1. The minimum atomic E-state index is -1.24. The molecule has 2 aliphatic rings. The van der Waals surface area contributed by atoms with Gasteiger partial charge in [0, 0.05) is 51.2 Å². The van der Waals surface area contributed by atoms with E-state index in [9.17, 15) is 33.1 Å². The molecule has 0 radical (unpaired) electrons. The van der Waals surface area contributed by atoms with Crippen molar-refractivity contribution in [1.82, 2.24) is 24.6 Å². The molecule has 3 atom stereocenters. The zero-order valence-electron chi connectivity index (χ0n) is 23.3. The van der Waals surface area contributed by atoms with Crippen molar-refractivity contribution in [3.8, 4) is 0 Å². The van der Waals surface area contributed by atoms with Gasteiger partial charge in [-0.15, -0.1) is 0 Å². The monoisotopic (exact) mass is 561 g/mol. The fraction of sp³-hybridized carbons (Fsp3) is 0.571. The molecule has 2 aromatic rings. The molecular weight excluding hydrogens is 524 g/mol. The highest BCUT2D eigenvalue weighted by Gasteiger charge is 2.39. The molecule has 1 aromatic heterocycles. The Hall–Kier alpha value is -3.70. The number of benzene rings is 1. The van der Waals surface area contributed by atoms with E-state index in [1.54, 1.807) is 16.8 Å². The molecule has 4 amide bonds. The number of hydrogen-bond acceptors (Lipinski definition) is 4. The average molecular weight is 562 g/mol. The van der Waals surface area contributed by atoms with Crippen molar-refractivity contribution in [2.75, 3.05) is 26.7 Å². The summed E-state index contributed by atoms with van der Waals surface area (Å²) in [4.78, 5) is 55.8. The highest BCUT2D eigenvalue weighted by molar-refractivity contribution is 5.99. The summed E-state index contributed by atoms with van der Waals surface area (Å²) in [6.45, 7) is 4.07. The SMILES string of the molecule is C[C@@H]1CN(C(=O)c2cc3cc(F)c(F)cc3n2C)CCN1C(=O)[C@@H](NC(=O)[C@H](C)N(C)C(=O)O)C1CCCCC1. The molecule has 2 heterocycles. The number of rotatable bonds is 6. The maximum Gasteiger partial charge on any atom is 0.407 e. The number of piperazine rings is 1. The normalized spacial score (nSPS) is 19.8. The lowest BCUT2D eigenvalue weighted by Crippen LogP contribution is -2.62. The summed E-state index contributed by atoms with van der Waals surface area (Å²) in [6.07, 6.45) is 3.30. The molecule has 0 spiro atoms. The molecule has 0 bridgehead atoms. The molecular formula is C28H37F2N5O5. The van der Waals surface area contributed by atoms with Crippen molar-refractivity contribution in [2.24, 2.45) is 13.0 Å². The number of nitrogens with zero attached hydrogens (tertiary/aromatic N) is 4. The van der Waals surface area contributed by atoms with Gasteiger partial charge in [-0.2, -0.15) is 0 Å². The lowest BCUT2D eigenvalue weighted by molar-refractivity contribution is -0.142. The molecule has 12 heteroatoms. The van der Waals surface area contributed by atoms with Gasteiger partial charge in [-0.1, -0.05) is 19.3 Å². The zero-order chi connectivity index (χ0) is 29.3. The first-order valence-electron chi connectivity index (χ1n) is 13.7. The first kappa shape index (κ1) is 29.3. The van der Waals surface area contributed by atoms with E-state index in [-0.39, 0.29) is 49.1 Å². The number of hydrogen-bond donors (Lipinski definition) is 2. The molecule has 1 saturated carbocycles. The minimum absolute atomic E-state index is 0.0593. The summed E-state index contributed by atoms with van der Waals surface area (Å²) in [6, 6.07) is 1.56. The topological polar surface area (TPSA) is 115 Å². The Labute approximate surface area is 231 Å². The number of halogens is 2. The number of carbonyl (C=O) groups excluding carboxylic acids is 3. The predicted molar refractivity (Wildman–Crippen MR) is 144 cm³/mol. The fourth-order valence-electron chi connectivity index (χ4n) is 5.81. The van der Waals surface area contributed by atoms with Crippen LogP contribution in [0.25, 0.3) is 10.9 Å². The number of carboxylic acid groups (broad SMARTS) is 1. The van der Waals surface area contributed by atoms with Crippen LogP contribution in [0.3, 0.4) is 0 Å². The second-order valence-corrected chi connectivity index (χ2v) is 11.0. The van der Waals surface area contributed by atoms with E-state index in [1.807, 2.05) is 6.92 Å². The van der Waals surface area contributed by atoms with Gasteiger partial charge in [-0.3, -0.25) is 19.3 Å². The van der Waals surface area contributed by atoms with Crippen LogP contribution in [0.5, 0.6) is 0 Å². The second kappa shape index (κ2) is 11.8. The van der Waals surface area contributed by atoms with Crippen LogP contribution in [0.15, 0.2) is 18.2 Å². The number of likely N-dealkylation sites (N-methyl/N-ethyl adjacent to an activating group) is 1. The summed E-state index contributed by atoms with van der Waals surface area (Å²) < 4.78 is 29.1. The molecule has 40 heavy (non-hydrogen) atoms. The lowest BCUT2D eigenvalue weighted by atomic mass is 9.83. The van der Waals surface area contributed by atoms with Crippen LogP contribution in [-0.4, -0.2) is 93.0 Å². The summed E-state index contributed by atoms with van der Waals surface area (Å²) >= 11 is 0. The van der Waals surface area contributed by atoms with Crippen LogP contribution in [0.2, 0.25) is 0 Å². The Morgan fingerprint density at radius 3 is 2.33 bits per heavy atom. The molecule has 1 aliphatic carbocycles. The first-order chi connectivity index (χ1) is 18.9. The van der Waals surface area contributed by atoms with Crippen LogP contribution in [0.4, 0.5) is 13.6 Å². The van der Waals surface area contributed by atoms with Crippen LogP contribution >= 0.6 is 0 Å². The first-order valence-corrected chi connectivity index (χ1v) is 13.7. The van der Waals surface area contributed by atoms with Gasteiger partial charge in [0.25, 0.3) is 5.91 Å². The fourth-order valence-corrected chi connectivity index (χ4v) is 5.81. The second-order valence-electron chi connectivity index (χ2n) is 11.0. The maximum absolute atomic E-state index is 13.9. The van der Waals surface area contributed by atoms with Crippen molar-refractivity contribution in [3.05, 3.63) is 35.5 Å². The van der Waals surface area contributed by atoms with Crippen molar-refractivity contribution < 1.29 is 33.1 Å². The Balaban J connectivity index is 1.49. The molecule has 1 saturated heterocycles. The lowest BCUT2D eigenvalue weighted by Gasteiger charge is -2.43. The van der Waals surface area contributed by atoms with Crippen molar-refractivity contribution >= 4 is 34.7 Å². The van der Waals surface area contributed by atoms with Gasteiger partial charge >= 0.3 is 6.09 Å². The largest absolute Gasteiger partial charge is 0.465 e. The van der Waals surface area contributed by atoms with E-state index >= 15 is 0 Å². The van der Waals surface area contributed by atoms with Crippen LogP contribution in [-0.2, 0) is 16.6 Å². The maximum atomic E-state index is 13.9. The smallest absolute Gasteiger partial charge is 0.407 e. The quantitative estimate of drug-likeness (QED) is 0.562. The third kappa shape index (κ3) is 5.75. The van der Waals surface area contributed by atoms with Crippen molar-refractivity contribution in [3.63, 3.8) is 0 Å².